The first-order valence-corrected chi connectivity index (χ1v) is 9.24. The van der Waals surface area contributed by atoms with E-state index >= 15 is 0 Å². The molecule has 0 unspecified atom stereocenters. The first kappa shape index (κ1) is 17.9. The number of hydrogen-bond acceptors (Lipinski definition) is 5. The van der Waals surface area contributed by atoms with Gasteiger partial charge in [0.25, 0.3) is 5.56 Å². The third-order valence-corrected chi connectivity index (χ3v) is 5.17. The van der Waals surface area contributed by atoms with E-state index in [0.717, 1.165) is 45.2 Å². The zero-order chi connectivity index (χ0) is 17.8. The van der Waals surface area contributed by atoms with E-state index in [0.29, 0.717) is 18.3 Å². The van der Waals surface area contributed by atoms with Crippen molar-refractivity contribution in [3.05, 3.63) is 22.7 Å². The highest BCUT2D eigenvalue weighted by molar-refractivity contribution is 5.76. The number of aromatic nitrogens is 2. The zero-order valence-electron chi connectivity index (χ0n) is 15.1. The molecule has 7 nitrogen and oxygen atoms in total. The van der Waals surface area contributed by atoms with E-state index < -0.39 is 0 Å². The molecule has 2 aliphatic rings. The van der Waals surface area contributed by atoms with Gasteiger partial charge in [-0.25, -0.2) is 4.98 Å². The van der Waals surface area contributed by atoms with Crippen LogP contribution >= 0.6 is 0 Å². The van der Waals surface area contributed by atoms with Gasteiger partial charge in [-0.3, -0.25) is 9.59 Å². The van der Waals surface area contributed by atoms with Crippen molar-refractivity contribution in [2.75, 3.05) is 18.0 Å². The van der Waals surface area contributed by atoms with E-state index in [2.05, 4.69) is 17.2 Å². The Labute approximate surface area is 148 Å². The standard InChI is InChI=1S/C18H28N4O3/c1-13-3-4-15(25-13)5-6-16(23)20-14-7-10-22(11-8-14)17-18(24)21(2)12-9-19-17/h9,12-15H,3-8,10-11H2,1-2H3,(H,20,23)/t13-,15+/m1/s1. The summed E-state index contributed by atoms with van der Waals surface area (Å²) in [4.78, 5) is 30.5. The Morgan fingerprint density at radius 2 is 2.08 bits per heavy atom. The molecule has 2 aliphatic heterocycles. The second kappa shape index (κ2) is 7.99. The van der Waals surface area contributed by atoms with Crippen LogP contribution in [0, 0.1) is 0 Å². The molecule has 1 aromatic heterocycles. The lowest BCUT2D eigenvalue weighted by atomic mass is 10.0. The van der Waals surface area contributed by atoms with Crippen molar-refractivity contribution in [3.63, 3.8) is 0 Å². The first-order valence-electron chi connectivity index (χ1n) is 9.24. The smallest absolute Gasteiger partial charge is 0.293 e. The summed E-state index contributed by atoms with van der Waals surface area (Å²) in [6.07, 6.45) is 9.04. The summed E-state index contributed by atoms with van der Waals surface area (Å²) in [5, 5.41) is 3.13. The molecule has 138 valence electrons. The van der Waals surface area contributed by atoms with Gasteiger partial charge in [-0.15, -0.1) is 0 Å². The number of hydrogen-bond donors (Lipinski definition) is 1. The summed E-state index contributed by atoms with van der Waals surface area (Å²) in [6.45, 7) is 3.56. The molecule has 2 saturated heterocycles. The molecule has 2 atom stereocenters. The lowest BCUT2D eigenvalue weighted by molar-refractivity contribution is -0.122. The third-order valence-electron chi connectivity index (χ3n) is 5.17. The Kier molecular flexibility index (Phi) is 5.73. The van der Waals surface area contributed by atoms with Crippen molar-refractivity contribution in [2.24, 2.45) is 7.05 Å². The van der Waals surface area contributed by atoms with Crippen LogP contribution in [0.15, 0.2) is 17.2 Å². The molecule has 3 rings (SSSR count). The summed E-state index contributed by atoms with van der Waals surface area (Å²) in [7, 11) is 1.73. The van der Waals surface area contributed by atoms with Crippen molar-refractivity contribution in [1.82, 2.24) is 14.9 Å². The summed E-state index contributed by atoms with van der Waals surface area (Å²) in [6, 6.07) is 0.180. The van der Waals surface area contributed by atoms with Gasteiger partial charge in [0.05, 0.1) is 12.2 Å². The highest BCUT2D eigenvalue weighted by Crippen LogP contribution is 2.22. The fraction of sp³-hybridized carbons (Fsp3) is 0.722. The number of piperidine rings is 1. The van der Waals surface area contributed by atoms with Crippen molar-refractivity contribution in [3.8, 4) is 0 Å². The van der Waals surface area contributed by atoms with E-state index in [1.165, 1.54) is 0 Å². The molecule has 1 N–H and O–H groups in total. The van der Waals surface area contributed by atoms with E-state index in [1.54, 1.807) is 24.0 Å². The highest BCUT2D eigenvalue weighted by Gasteiger charge is 2.25. The fourth-order valence-corrected chi connectivity index (χ4v) is 3.63. The number of amides is 1. The van der Waals surface area contributed by atoms with Crippen LogP contribution in [0.5, 0.6) is 0 Å². The SMILES string of the molecule is C[C@@H]1CC[C@@H](CCC(=O)NC2CCN(c3nccn(C)c3=O)CC2)O1. The molecule has 0 bridgehead atoms. The van der Waals surface area contributed by atoms with Crippen molar-refractivity contribution in [1.29, 1.82) is 0 Å². The van der Waals surface area contributed by atoms with Crippen LogP contribution in [0.3, 0.4) is 0 Å². The maximum atomic E-state index is 12.2. The second-order valence-electron chi connectivity index (χ2n) is 7.18. The topological polar surface area (TPSA) is 76.5 Å². The number of anilines is 1. The van der Waals surface area contributed by atoms with Gasteiger partial charge < -0.3 is 19.5 Å². The van der Waals surface area contributed by atoms with Crippen LogP contribution in [0.2, 0.25) is 0 Å². The molecule has 3 heterocycles. The largest absolute Gasteiger partial charge is 0.375 e. The Morgan fingerprint density at radius 1 is 1.32 bits per heavy atom. The number of rotatable bonds is 5. The summed E-state index contributed by atoms with van der Waals surface area (Å²) >= 11 is 0. The van der Waals surface area contributed by atoms with Crippen molar-refractivity contribution < 1.29 is 9.53 Å². The van der Waals surface area contributed by atoms with Gasteiger partial charge in [0.15, 0.2) is 5.82 Å². The quantitative estimate of drug-likeness (QED) is 0.866. The lowest BCUT2D eigenvalue weighted by Crippen LogP contribution is -2.46. The molecule has 0 radical (unpaired) electrons. The van der Waals surface area contributed by atoms with Crippen LogP contribution in [-0.2, 0) is 16.6 Å². The lowest BCUT2D eigenvalue weighted by Gasteiger charge is -2.32. The molecule has 25 heavy (non-hydrogen) atoms. The number of carbonyl (C=O) groups excluding carboxylic acids is 1. The molecular weight excluding hydrogens is 320 g/mol. The van der Waals surface area contributed by atoms with Crippen LogP contribution in [0.4, 0.5) is 5.82 Å². The molecule has 0 spiro atoms. The molecular formula is C18H28N4O3. The summed E-state index contributed by atoms with van der Waals surface area (Å²) < 4.78 is 7.30. The van der Waals surface area contributed by atoms with Gasteiger partial charge in [0.1, 0.15) is 0 Å². The van der Waals surface area contributed by atoms with Crippen LogP contribution in [0.25, 0.3) is 0 Å². The van der Waals surface area contributed by atoms with Crippen LogP contribution < -0.4 is 15.8 Å². The van der Waals surface area contributed by atoms with E-state index in [-0.39, 0.29) is 23.6 Å². The Morgan fingerprint density at radius 3 is 2.76 bits per heavy atom. The van der Waals surface area contributed by atoms with Gasteiger partial charge >= 0.3 is 0 Å². The minimum absolute atomic E-state index is 0.0734. The monoisotopic (exact) mass is 348 g/mol. The summed E-state index contributed by atoms with van der Waals surface area (Å²) in [5.41, 5.74) is -0.0734. The summed E-state index contributed by atoms with van der Waals surface area (Å²) in [5.74, 6) is 0.609. The van der Waals surface area contributed by atoms with E-state index in [9.17, 15) is 9.59 Å². The maximum absolute atomic E-state index is 12.2. The zero-order valence-corrected chi connectivity index (χ0v) is 15.1. The molecule has 2 fully saturated rings. The fourth-order valence-electron chi connectivity index (χ4n) is 3.63. The van der Waals surface area contributed by atoms with E-state index in [1.807, 2.05) is 4.90 Å². The van der Waals surface area contributed by atoms with Gasteiger partial charge in [-0.2, -0.15) is 0 Å². The number of carbonyl (C=O) groups is 1. The predicted octanol–water partition coefficient (Wildman–Crippen LogP) is 1.21. The predicted molar refractivity (Wildman–Crippen MR) is 95.7 cm³/mol. The minimum Gasteiger partial charge on any atom is -0.375 e. The van der Waals surface area contributed by atoms with Crippen LogP contribution in [0.1, 0.15) is 45.4 Å². The Balaban J connectivity index is 1.42. The van der Waals surface area contributed by atoms with Gasteiger partial charge in [-0.1, -0.05) is 0 Å². The molecule has 1 aromatic rings. The molecule has 0 aromatic carbocycles. The third kappa shape index (κ3) is 4.60. The number of nitrogens with one attached hydrogen (secondary N) is 1. The Hall–Kier alpha value is -1.89. The number of nitrogens with zero attached hydrogens (tertiary/aromatic N) is 3. The average Bonchev–Trinajstić information content (AvgIpc) is 3.02. The normalized spacial score (nSPS) is 24.5. The van der Waals surface area contributed by atoms with Crippen molar-refractivity contribution in [2.45, 2.75) is 63.7 Å². The number of aryl methyl sites for hydroxylation is 1. The van der Waals surface area contributed by atoms with Crippen LogP contribution in [-0.4, -0.2) is 46.8 Å². The van der Waals surface area contributed by atoms with Gasteiger partial charge in [0.2, 0.25) is 5.91 Å². The molecule has 0 saturated carbocycles. The minimum atomic E-state index is -0.0734. The molecule has 1 amide bonds. The molecule has 7 heteroatoms. The van der Waals surface area contributed by atoms with Crippen molar-refractivity contribution >= 4 is 11.7 Å². The number of ether oxygens (including phenoxy) is 1. The van der Waals surface area contributed by atoms with Gasteiger partial charge in [0, 0.05) is 45.0 Å². The first-order chi connectivity index (χ1) is 12.0. The highest BCUT2D eigenvalue weighted by atomic mass is 16.5. The molecule has 0 aliphatic carbocycles. The second-order valence-corrected chi connectivity index (χ2v) is 7.18. The Bertz CT molecular complexity index is 652. The van der Waals surface area contributed by atoms with Gasteiger partial charge in [-0.05, 0) is 39.0 Å². The maximum Gasteiger partial charge on any atom is 0.293 e. The average molecular weight is 348 g/mol. The van der Waals surface area contributed by atoms with E-state index in [4.69, 9.17) is 4.74 Å².